The van der Waals surface area contributed by atoms with E-state index in [1.165, 1.54) is 13.5 Å². The Kier molecular flexibility index (Phi) is 3.87. The smallest absolute Gasteiger partial charge is 0.358 e. The molecule has 0 radical (unpaired) electrons. The molecule has 1 aromatic heterocycles. The molecule has 4 bridgehead atoms. The van der Waals surface area contributed by atoms with Crippen LogP contribution in [0.3, 0.4) is 0 Å². The standard InChI is InChI=1S/C19H18FN3O5/c1-26-18-12(20)7-14-17-13(4-5-22-8-10-6-11(10)9-22)21-23(14)28-16(25)3-2-15(24)27-19(17)18/h2-3,7,10-11H,4-6,8-9H2,1H3/b3-2+. The molecule has 8 nitrogen and oxygen atoms in total. The Morgan fingerprint density at radius 2 is 2.00 bits per heavy atom. The van der Waals surface area contributed by atoms with E-state index in [0.29, 0.717) is 17.5 Å². The molecule has 1 saturated carbocycles. The molecule has 2 atom stereocenters. The largest absolute Gasteiger partial charge is 0.490 e. The van der Waals surface area contributed by atoms with Crippen molar-refractivity contribution in [3.05, 3.63) is 29.7 Å². The maximum absolute atomic E-state index is 14.5. The number of nitrogens with zero attached hydrogens (tertiary/aromatic N) is 3. The lowest BCUT2D eigenvalue weighted by molar-refractivity contribution is -0.140. The maximum Gasteiger partial charge on any atom is 0.358 e. The highest BCUT2D eigenvalue weighted by Gasteiger charge is 2.44. The van der Waals surface area contributed by atoms with Crippen molar-refractivity contribution in [2.75, 3.05) is 26.7 Å². The highest BCUT2D eigenvalue weighted by Crippen LogP contribution is 2.45. The number of carbonyl (C=O) groups excluding carboxylic acids is 2. The third-order valence-corrected chi connectivity index (χ3v) is 5.53. The highest BCUT2D eigenvalue weighted by molar-refractivity contribution is 5.98. The molecule has 2 aromatic rings. The molecule has 5 rings (SSSR count). The van der Waals surface area contributed by atoms with Crippen LogP contribution >= 0.6 is 0 Å². The monoisotopic (exact) mass is 387 g/mol. The third-order valence-electron chi connectivity index (χ3n) is 5.53. The fraction of sp³-hybridized carbons (Fsp3) is 0.421. The second-order valence-corrected chi connectivity index (χ2v) is 7.36. The zero-order valence-corrected chi connectivity index (χ0v) is 15.2. The number of methoxy groups -OCH3 is 1. The Morgan fingerprint density at radius 1 is 1.25 bits per heavy atom. The molecule has 0 amide bonds. The van der Waals surface area contributed by atoms with Gasteiger partial charge in [-0.25, -0.2) is 14.0 Å². The predicted molar refractivity (Wildman–Crippen MR) is 94.3 cm³/mol. The average Bonchev–Trinajstić information content (AvgIpc) is 3.13. The van der Waals surface area contributed by atoms with Crippen molar-refractivity contribution < 1.29 is 28.3 Å². The minimum atomic E-state index is -0.831. The molecule has 3 aliphatic rings. The summed E-state index contributed by atoms with van der Waals surface area (Å²) < 4.78 is 25.0. The lowest BCUT2D eigenvalue weighted by atomic mass is 10.1. The molecule has 1 aliphatic carbocycles. The summed E-state index contributed by atoms with van der Waals surface area (Å²) in [5.41, 5.74) is 0.746. The summed E-state index contributed by atoms with van der Waals surface area (Å²) in [5, 5.41) is 4.75. The second kappa shape index (κ2) is 6.30. The number of carbonyl (C=O) groups is 2. The van der Waals surface area contributed by atoms with Crippen molar-refractivity contribution >= 4 is 22.8 Å². The van der Waals surface area contributed by atoms with Crippen molar-refractivity contribution in [2.24, 2.45) is 11.8 Å². The number of likely N-dealkylation sites (tertiary alicyclic amines) is 1. The third kappa shape index (κ3) is 2.82. The molecule has 146 valence electrons. The van der Waals surface area contributed by atoms with E-state index in [-0.39, 0.29) is 17.0 Å². The summed E-state index contributed by atoms with van der Waals surface area (Å²) in [7, 11) is 1.30. The summed E-state index contributed by atoms with van der Waals surface area (Å²) in [4.78, 5) is 32.5. The molecule has 28 heavy (non-hydrogen) atoms. The number of benzene rings is 1. The van der Waals surface area contributed by atoms with Crippen molar-refractivity contribution in [1.29, 1.82) is 0 Å². The van der Waals surface area contributed by atoms with Gasteiger partial charge in [0.1, 0.15) is 5.52 Å². The lowest BCUT2D eigenvalue weighted by Gasteiger charge is -2.16. The Labute approximate surface area is 159 Å². The molecule has 0 spiro atoms. The second-order valence-electron chi connectivity index (χ2n) is 7.36. The zero-order chi connectivity index (χ0) is 19.4. The quantitative estimate of drug-likeness (QED) is 0.574. The van der Waals surface area contributed by atoms with Gasteiger partial charge in [0.2, 0.25) is 0 Å². The number of piperidine rings is 1. The van der Waals surface area contributed by atoms with E-state index in [9.17, 15) is 14.0 Å². The van der Waals surface area contributed by atoms with Crippen molar-refractivity contribution in [3.63, 3.8) is 0 Å². The molecular formula is C19H18FN3O5. The molecule has 2 unspecified atom stereocenters. The van der Waals surface area contributed by atoms with Gasteiger partial charge in [-0.15, -0.1) is 5.10 Å². The van der Waals surface area contributed by atoms with Crippen LogP contribution in [0.2, 0.25) is 0 Å². The van der Waals surface area contributed by atoms with Crippen LogP contribution in [0.4, 0.5) is 4.39 Å². The number of rotatable bonds is 4. The van der Waals surface area contributed by atoms with Crippen LogP contribution in [0, 0.1) is 17.7 Å². The molecular weight excluding hydrogens is 369 g/mol. The molecule has 9 heteroatoms. The van der Waals surface area contributed by atoms with Crippen LogP contribution in [0.15, 0.2) is 18.2 Å². The molecule has 2 aliphatic heterocycles. The van der Waals surface area contributed by atoms with Crippen LogP contribution < -0.4 is 14.3 Å². The summed E-state index contributed by atoms with van der Waals surface area (Å²) in [6, 6.07) is 1.16. The summed E-state index contributed by atoms with van der Waals surface area (Å²) in [6.07, 6.45) is 3.70. The lowest BCUT2D eigenvalue weighted by Crippen LogP contribution is -2.25. The van der Waals surface area contributed by atoms with E-state index in [1.807, 2.05) is 0 Å². The van der Waals surface area contributed by atoms with Gasteiger partial charge in [-0.3, -0.25) is 0 Å². The van der Waals surface area contributed by atoms with Crippen molar-refractivity contribution in [3.8, 4) is 11.5 Å². The van der Waals surface area contributed by atoms with Gasteiger partial charge in [-0.2, -0.15) is 0 Å². The number of hydrogen-bond donors (Lipinski definition) is 0. The van der Waals surface area contributed by atoms with Gasteiger partial charge in [-0.1, -0.05) is 4.85 Å². The average molecular weight is 387 g/mol. The first-order chi connectivity index (χ1) is 13.5. The number of esters is 1. The van der Waals surface area contributed by atoms with Crippen LogP contribution in [0.25, 0.3) is 10.9 Å². The summed E-state index contributed by atoms with van der Waals surface area (Å²) in [5.74, 6) is -1.03. The number of fused-ring (bicyclic) bond motifs is 1. The van der Waals surface area contributed by atoms with E-state index in [2.05, 4.69) is 10.00 Å². The first-order valence-corrected chi connectivity index (χ1v) is 9.16. The topological polar surface area (TPSA) is 82.9 Å². The minimum Gasteiger partial charge on any atom is -0.490 e. The van der Waals surface area contributed by atoms with Crippen LogP contribution in [-0.4, -0.2) is 53.5 Å². The fourth-order valence-corrected chi connectivity index (χ4v) is 4.10. The SMILES string of the molecule is COc1c(F)cc2c3c(CCN4CC5CC5C4)nn2OC(=O)/C=C/C(=O)Oc13. The van der Waals surface area contributed by atoms with Crippen LogP contribution in [0.1, 0.15) is 12.1 Å². The van der Waals surface area contributed by atoms with Gasteiger partial charge < -0.3 is 19.2 Å². The fourth-order valence-electron chi connectivity index (χ4n) is 4.10. The van der Waals surface area contributed by atoms with E-state index in [4.69, 9.17) is 14.3 Å². The number of aromatic nitrogens is 2. The predicted octanol–water partition coefficient (Wildman–Crippen LogP) is 1.11. The minimum absolute atomic E-state index is 0.0596. The van der Waals surface area contributed by atoms with Gasteiger partial charge >= 0.3 is 11.9 Å². The van der Waals surface area contributed by atoms with E-state index in [0.717, 1.165) is 54.5 Å². The molecule has 0 N–H and O–H groups in total. The van der Waals surface area contributed by atoms with E-state index >= 15 is 0 Å². The van der Waals surface area contributed by atoms with Crippen molar-refractivity contribution in [2.45, 2.75) is 12.8 Å². The molecule has 2 fully saturated rings. The van der Waals surface area contributed by atoms with Crippen LogP contribution in [-0.2, 0) is 16.0 Å². The Balaban J connectivity index is 1.60. The first kappa shape index (κ1) is 17.2. The van der Waals surface area contributed by atoms with Crippen molar-refractivity contribution in [1.82, 2.24) is 14.8 Å². The normalized spacial score (nSPS) is 24.8. The Hall–Kier alpha value is -2.94. The summed E-state index contributed by atoms with van der Waals surface area (Å²) >= 11 is 0. The zero-order valence-electron chi connectivity index (χ0n) is 15.2. The van der Waals surface area contributed by atoms with Gasteiger partial charge in [0, 0.05) is 44.3 Å². The van der Waals surface area contributed by atoms with Gasteiger partial charge in [-0.05, 0) is 18.3 Å². The Morgan fingerprint density at radius 3 is 2.75 bits per heavy atom. The van der Waals surface area contributed by atoms with Gasteiger partial charge in [0.25, 0.3) is 0 Å². The van der Waals surface area contributed by atoms with Gasteiger partial charge in [0.05, 0.1) is 18.2 Å². The van der Waals surface area contributed by atoms with Crippen LogP contribution in [0.5, 0.6) is 11.5 Å². The molecule has 3 heterocycles. The number of ether oxygens (including phenoxy) is 2. The first-order valence-electron chi connectivity index (χ1n) is 9.16. The van der Waals surface area contributed by atoms with E-state index < -0.39 is 17.8 Å². The summed E-state index contributed by atoms with van der Waals surface area (Å²) in [6.45, 7) is 2.91. The molecule has 1 saturated heterocycles. The maximum atomic E-state index is 14.5. The number of halogens is 1. The van der Waals surface area contributed by atoms with Gasteiger partial charge in [0.15, 0.2) is 17.3 Å². The number of hydrogen-bond acceptors (Lipinski definition) is 7. The molecule has 1 aromatic carbocycles. The Bertz CT molecular complexity index is 1020. The highest BCUT2D eigenvalue weighted by atomic mass is 19.1. The van der Waals surface area contributed by atoms with E-state index in [1.54, 1.807) is 0 Å².